The van der Waals surface area contributed by atoms with E-state index in [1.54, 1.807) is 0 Å². The zero-order valence-electron chi connectivity index (χ0n) is 18.6. The summed E-state index contributed by atoms with van der Waals surface area (Å²) < 4.78 is 5.21. The molecule has 2 heterocycles. The van der Waals surface area contributed by atoms with Crippen LogP contribution < -0.4 is 5.32 Å². The third kappa shape index (κ3) is 11.5. The largest absolute Gasteiger partial charge is 0.379 e. The van der Waals surface area contributed by atoms with Gasteiger partial charge < -0.3 is 15.0 Å². The molecule has 0 aromatic rings. The lowest BCUT2D eigenvalue weighted by Gasteiger charge is -2.34. The maximum absolute atomic E-state index is 5.21. The SMILES string of the molecule is CC(C)N1CCN(C)CC1.CC(C)N1CCOCC1.CC(C)NC1CC1. The van der Waals surface area contributed by atoms with Crippen molar-refractivity contribution in [2.75, 3.05) is 59.5 Å². The first-order chi connectivity index (χ1) is 12.3. The van der Waals surface area contributed by atoms with Crippen molar-refractivity contribution in [2.45, 2.75) is 78.6 Å². The highest BCUT2D eigenvalue weighted by atomic mass is 16.5. The van der Waals surface area contributed by atoms with Gasteiger partial charge in [0.05, 0.1) is 13.2 Å². The first-order valence-electron chi connectivity index (χ1n) is 10.8. The molecule has 0 aromatic carbocycles. The van der Waals surface area contributed by atoms with Crippen LogP contribution >= 0.6 is 0 Å². The molecule has 3 aliphatic rings. The molecule has 0 atom stereocenters. The molecular weight excluding hydrogens is 324 g/mol. The molecule has 156 valence electrons. The summed E-state index contributed by atoms with van der Waals surface area (Å²) in [5.74, 6) is 0. The Balaban J connectivity index is 0.000000198. The van der Waals surface area contributed by atoms with Gasteiger partial charge in [0.1, 0.15) is 0 Å². The summed E-state index contributed by atoms with van der Waals surface area (Å²) in [6.45, 7) is 22.4. The van der Waals surface area contributed by atoms with Gasteiger partial charge in [0.2, 0.25) is 0 Å². The fraction of sp³-hybridized carbons (Fsp3) is 1.00. The highest BCUT2D eigenvalue weighted by Gasteiger charge is 2.20. The van der Waals surface area contributed by atoms with Crippen LogP contribution in [0.2, 0.25) is 0 Å². The minimum Gasteiger partial charge on any atom is -0.379 e. The van der Waals surface area contributed by atoms with Gasteiger partial charge in [-0.25, -0.2) is 0 Å². The lowest BCUT2D eigenvalue weighted by molar-refractivity contribution is 0.0238. The number of rotatable bonds is 4. The Kier molecular flexibility index (Phi) is 12.0. The summed E-state index contributed by atoms with van der Waals surface area (Å²) in [4.78, 5) is 7.35. The molecule has 0 radical (unpaired) electrons. The van der Waals surface area contributed by atoms with Crippen molar-refractivity contribution in [3.05, 3.63) is 0 Å². The van der Waals surface area contributed by atoms with Crippen LogP contribution in [0.1, 0.15) is 54.4 Å². The van der Waals surface area contributed by atoms with Crippen molar-refractivity contribution in [3.8, 4) is 0 Å². The average Bonchev–Trinajstić information content (AvgIpc) is 3.40. The predicted molar refractivity (Wildman–Crippen MR) is 113 cm³/mol. The third-order valence-corrected chi connectivity index (χ3v) is 5.19. The molecule has 1 aliphatic carbocycles. The van der Waals surface area contributed by atoms with Gasteiger partial charge in [-0.1, -0.05) is 13.8 Å². The molecule has 2 aliphatic heterocycles. The summed E-state index contributed by atoms with van der Waals surface area (Å²) in [5, 5.41) is 3.42. The van der Waals surface area contributed by atoms with Gasteiger partial charge in [-0.15, -0.1) is 0 Å². The van der Waals surface area contributed by atoms with Crippen molar-refractivity contribution in [1.82, 2.24) is 20.0 Å². The lowest BCUT2D eigenvalue weighted by Crippen LogP contribution is -2.47. The van der Waals surface area contributed by atoms with E-state index < -0.39 is 0 Å². The molecule has 0 bridgehead atoms. The highest BCUT2D eigenvalue weighted by Crippen LogP contribution is 2.18. The van der Waals surface area contributed by atoms with E-state index in [1.807, 2.05) is 0 Å². The van der Waals surface area contributed by atoms with Crippen LogP contribution in [0.15, 0.2) is 0 Å². The van der Waals surface area contributed by atoms with E-state index in [-0.39, 0.29) is 0 Å². The van der Waals surface area contributed by atoms with Gasteiger partial charge >= 0.3 is 0 Å². The standard InChI is InChI=1S/C8H18N2.C7H15NO.C6H13N/c1-8(2)10-6-4-9(3)5-7-10;1-7(2)8-3-5-9-6-4-8;1-5(2)7-6-3-4-6/h8H,4-7H2,1-3H3;7H,3-6H2,1-2H3;5-7H,3-4H2,1-2H3. The number of likely N-dealkylation sites (N-methyl/N-ethyl adjacent to an activating group) is 1. The quantitative estimate of drug-likeness (QED) is 0.822. The zero-order valence-corrected chi connectivity index (χ0v) is 18.6. The summed E-state index contributed by atoms with van der Waals surface area (Å²) in [5.41, 5.74) is 0. The minimum absolute atomic E-state index is 0.688. The minimum atomic E-state index is 0.688. The first kappa shape index (κ1) is 23.8. The smallest absolute Gasteiger partial charge is 0.0594 e. The zero-order chi connectivity index (χ0) is 19.5. The summed E-state index contributed by atoms with van der Waals surface area (Å²) in [6, 6.07) is 2.98. The van der Waals surface area contributed by atoms with Gasteiger partial charge in [0, 0.05) is 63.4 Å². The lowest BCUT2D eigenvalue weighted by atomic mass is 10.2. The number of ether oxygens (including phenoxy) is 1. The van der Waals surface area contributed by atoms with Crippen LogP contribution in [-0.2, 0) is 4.74 Å². The number of nitrogens with one attached hydrogen (secondary N) is 1. The number of hydrogen-bond acceptors (Lipinski definition) is 5. The van der Waals surface area contributed by atoms with Gasteiger partial charge in [-0.3, -0.25) is 9.80 Å². The van der Waals surface area contributed by atoms with E-state index >= 15 is 0 Å². The second-order valence-corrected chi connectivity index (χ2v) is 8.77. The molecule has 5 nitrogen and oxygen atoms in total. The molecule has 1 saturated carbocycles. The van der Waals surface area contributed by atoms with Crippen molar-refractivity contribution in [2.24, 2.45) is 0 Å². The predicted octanol–water partition coefficient (Wildman–Crippen LogP) is 2.52. The van der Waals surface area contributed by atoms with E-state index in [1.165, 1.54) is 39.0 Å². The Hall–Kier alpha value is -0.200. The Labute approximate surface area is 163 Å². The van der Waals surface area contributed by atoms with Crippen molar-refractivity contribution in [1.29, 1.82) is 0 Å². The van der Waals surface area contributed by atoms with Crippen molar-refractivity contribution < 1.29 is 4.74 Å². The fourth-order valence-corrected chi connectivity index (χ4v) is 3.15. The fourth-order valence-electron chi connectivity index (χ4n) is 3.15. The molecule has 3 rings (SSSR count). The second kappa shape index (κ2) is 13.1. The maximum Gasteiger partial charge on any atom is 0.0594 e. The Morgan fingerprint density at radius 2 is 1.19 bits per heavy atom. The van der Waals surface area contributed by atoms with Crippen LogP contribution in [0.5, 0.6) is 0 Å². The monoisotopic (exact) mass is 370 g/mol. The van der Waals surface area contributed by atoms with Crippen LogP contribution in [-0.4, -0.2) is 98.4 Å². The number of morpholine rings is 1. The summed E-state index contributed by atoms with van der Waals surface area (Å²) >= 11 is 0. The Morgan fingerprint density at radius 3 is 1.50 bits per heavy atom. The van der Waals surface area contributed by atoms with Crippen LogP contribution in [0.25, 0.3) is 0 Å². The molecular formula is C21H46N4O. The average molecular weight is 371 g/mol. The number of nitrogens with zero attached hydrogens (tertiary/aromatic N) is 3. The Morgan fingerprint density at radius 1 is 0.731 bits per heavy atom. The molecule has 0 spiro atoms. The molecule has 2 saturated heterocycles. The van der Waals surface area contributed by atoms with Gasteiger partial charge in [0.25, 0.3) is 0 Å². The maximum atomic E-state index is 5.21. The normalized spacial score (nSPS) is 22.8. The molecule has 0 amide bonds. The first-order valence-corrected chi connectivity index (χ1v) is 10.8. The van der Waals surface area contributed by atoms with Crippen LogP contribution in [0.4, 0.5) is 0 Å². The summed E-state index contributed by atoms with van der Waals surface area (Å²) in [6.07, 6.45) is 2.80. The highest BCUT2D eigenvalue weighted by molar-refractivity contribution is 4.81. The van der Waals surface area contributed by atoms with Gasteiger partial charge in [-0.05, 0) is 47.6 Å². The summed E-state index contributed by atoms with van der Waals surface area (Å²) in [7, 11) is 2.19. The van der Waals surface area contributed by atoms with Crippen molar-refractivity contribution in [3.63, 3.8) is 0 Å². The van der Waals surface area contributed by atoms with Crippen molar-refractivity contribution >= 4 is 0 Å². The van der Waals surface area contributed by atoms with E-state index in [2.05, 4.69) is 68.6 Å². The van der Waals surface area contributed by atoms with E-state index in [4.69, 9.17) is 4.74 Å². The van der Waals surface area contributed by atoms with E-state index in [0.29, 0.717) is 12.1 Å². The third-order valence-electron chi connectivity index (χ3n) is 5.19. The topological polar surface area (TPSA) is 31.0 Å². The molecule has 3 fully saturated rings. The second-order valence-electron chi connectivity index (χ2n) is 8.77. The number of piperazine rings is 1. The Bertz CT molecular complexity index is 331. The number of hydrogen-bond donors (Lipinski definition) is 1. The molecule has 5 heteroatoms. The molecule has 26 heavy (non-hydrogen) atoms. The van der Waals surface area contributed by atoms with E-state index in [0.717, 1.165) is 38.4 Å². The molecule has 1 N–H and O–H groups in total. The molecule has 0 unspecified atom stereocenters. The van der Waals surface area contributed by atoms with Gasteiger partial charge in [-0.2, -0.15) is 0 Å². The van der Waals surface area contributed by atoms with Crippen LogP contribution in [0, 0.1) is 0 Å². The van der Waals surface area contributed by atoms with E-state index in [9.17, 15) is 0 Å². The van der Waals surface area contributed by atoms with Crippen LogP contribution in [0.3, 0.4) is 0 Å². The molecule has 0 aromatic heterocycles. The van der Waals surface area contributed by atoms with Gasteiger partial charge in [0.15, 0.2) is 0 Å².